The molecule has 0 heterocycles. The van der Waals surface area contributed by atoms with E-state index in [2.05, 4.69) is 30.3 Å². The van der Waals surface area contributed by atoms with Crippen molar-refractivity contribution in [2.75, 3.05) is 0 Å². The lowest BCUT2D eigenvalue weighted by Gasteiger charge is -2.21. The third-order valence-corrected chi connectivity index (χ3v) is 6.11. The van der Waals surface area contributed by atoms with Crippen molar-refractivity contribution in [3.05, 3.63) is 93.4 Å². The first-order chi connectivity index (χ1) is 14.4. The Hall–Kier alpha value is -3.14. The van der Waals surface area contributed by atoms with Crippen LogP contribution in [0.5, 0.6) is 0 Å². The van der Waals surface area contributed by atoms with Crippen LogP contribution in [-0.4, -0.2) is 5.78 Å². The lowest BCUT2D eigenvalue weighted by molar-refractivity contribution is -0.137. The van der Waals surface area contributed by atoms with Crippen molar-refractivity contribution in [2.24, 2.45) is 5.92 Å². The van der Waals surface area contributed by atoms with Crippen molar-refractivity contribution >= 4 is 17.9 Å². The van der Waals surface area contributed by atoms with E-state index in [0.717, 1.165) is 41.0 Å². The van der Waals surface area contributed by atoms with Gasteiger partial charge in [0.25, 0.3) is 0 Å². The number of hydrogen-bond acceptors (Lipinski definition) is 1. The van der Waals surface area contributed by atoms with Gasteiger partial charge in [-0.05, 0) is 64.1 Å². The minimum Gasteiger partial charge on any atom is -0.294 e. The minimum absolute atomic E-state index is 0.119. The maximum absolute atomic E-state index is 13.1. The summed E-state index contributed by atoms with van der Waals surface area (Å²) in [5.74, 6) is -0.668. The predicted octanol–water partition coefficient (Wildman–Crippen LogP) is 4.93. The Morgan fingerprint density at radius 2 is 1.70 bits per heavy atom. The van der Waals surface area contributed by atoms with Gasteiger partial charge in [-0.1, -0.05) is 60.7 Å². The van der Waals surface area contributed by atoms with Gasteiger partial charge in [0.1, 0.15) is 0 Å². The Bertz CT molecular complexity index is 1280. The first-order valence-electron chi connectivity index (χ1n) is 10.1. The Labute approximate surface area is 172 Å². The smallest absolute Gasteiger partial charge is 0.294 e. The zero-order valence-corrected chi connectivity index (χ0v) is 16.2. The lowest BCUT2D eigenvalue weighted by Crippen LogP contribution is -2.37. The third-order valence-electron chi connectivity index (χ3n) is 6.11. The van der Waals surface area contributed by atoms with Crippen LogP contribution in [0.1, 0.15) is 33.5 Å². The van der Waals surface area contributed by atoms with Gasteiger partial charge in [-0.15, -0.1) is 0 Å². The molecule has 0 saturated heterocycles. The Morgan fingerprint density at radius 1 is 0.867 bits per heavy atom. The highest BCUT2D eigenvalue weighted by Crippen LogP contribution is 2.31. The molecule has 0 aliphatic heterocycles. The molecule has 0 amide bonds. The maximum atomic E-state index is 13.1. The summed E-state index contributed by atoms with van der Waals surface area (Å²) in [7, 11) is 0. The summed E-state index contributed by atoms with van der Waals surface area (Å²) in [5, 5.41) is 2.19. The molecular weight excluding hydrogens is 385 g/mol. The van der Waals surface area contributed by atoms with Gasteiger partial charge in [0.2, 0.25) is 0 Å². The van der Waals surface area contributed by atoms with E-state index in [1.807, 2.05) is 18.2 Å². The molecule has 1 atom stereocenters. The van der Waals surface area contributed by atoms with E-state index in [9.17, 15) is 18.0 Å². The van der Waals surface area contributed by atoms with Crippen LogP contribution >= 0.6 is 0 Å². The van der Waals surface area contributed by atoms with Gasteiger partial charge >= 0.3 is 6.18 Å². The molecule has 1 unspecified atom stereocenters. The molecule has 3 aromatic rings. The maximum Gasteiger partial charge on any atom is 0.416 e. The molecular formula is C26H19F3O. The predicted molar refractivity (Wildman–Crippen MR) is 111 cm³/mol. The molecule has 0 N–H and O–H groups in total. The number of alkyl halides is 3. The van der Waals surface area contributed by atoms with Gasteiger partial charge in [0.05, 0.1) is 5.56 Å². The fourth-order valence-electron chi connectivity index (χ4n) is 4.59. The highest BCUT2D eigenvalue weighted by molar-refractivity contribution is 6.01. The molecule has 0 radical (unpaired) electrons. The third kappa shape index (κ3) is 3.17. The molecule has 0 bridgehead atoms. The number of hydrogen-bond donors (Lipinski definition) is 0. The van der Waals surface area contributed by atoms with Gasteiger partial charge in [-0.25, -0.2) is 0 Å². The molecule has 2 aliphatic carbocycles. The van der Waals surface area contributed by atoms with Crippen LogP contribution in [0.15, 0.2) is 60.7 Å². The standard InChI is InChI=1S/C26H19F3O/c27-26(28,29)20-6-3-5-18(14-20)25(30)19-9-8-17-11-12-22-21-7-2-1-4-16(21)10-13-23(22)24(17)15-19/h1-7,11-15,19H,8-10H2. The number of aryl methyl sites for hydroxylation is 1. The number of ketones is 1. The van der Waals surface area contributed by atoms with Crippen molar-refractivity contribution in [3.63, 3.8) is 0 Å². The number of carbonyl (C=O) groups is 1. The summed E-state index contributed by atoms with van der Waals surface area (Å²) < 4.78 is 39.2. The second-order valence-corrected chi connectivity index (χ2v) is 7.92. The van der Waals surface area contributed by atoms with Crippen LogP contribution < -0.4 is 10.4 Å². The molecule has 0 saturated carbocycles. The van der Waals surface area contributed by atoms with E-state index in [4.69, 9.17) is 0 Å². The highest BCUT2D eigenvalue weighted by Gasteiger charge is 2.31. The summed E-state index contributed by atoms with van der Waals surface area (Å²) in [4.78, 5) is 13.0. The monoisotopic (exact) mass is 404 g/mol. The Kier molecular flexibility index (Phi) is 4.39. The summed E-state index contributed by atoms with van der Waals surface area (Å²) in [6.07, 6.45) is 1.89. The molecule has 4 heteroatoms. The van der Waals surface area contributed by atoms with E-state index in [1.165, 1.54) is 28.8 Å². The number of Topliss-reactive ketones (excluding diaryl/α,β-unsaturated/α-hetero) is 1. The van der Waals surface area contributed by atoms with E-state index in [0.29, 0.717) is 6.42 Å². The van der Waals surface area contributed by atoms with E-state index in [1.54, 1.807) is 0 Å². The lowest BCUT2D eigenvalue weighted by atomic mass is 9.82. The van der Waals surface area contributed by atoms with Gasteiger partial charge in [-0.2, -0.15) is 13.2 Å². The van der Waals surface area contributed by atoms with Crippen LogP contribution in [0.2, 0.25) is 0 Å². The van der Waals surface area contributed by atoms with Gasteiger partial charge in [-0.3, -0.25) is 4.79 Å². The van der Waals surface area contributed by atoms with E-state index in [-0.39, 0.29) is 11.3 Å². The summed E-state index contributed by atoms with van der Waals surface area (Å²) >= 11 is 0. The molecule has 3 aromatic carbocycles. The molecule has 30 heavy (non-hydrogen) atoms. The average molecular weight is 404 g/mol. The van der Waals surface area contributed by atoms with Gasteiger partial charge < -0.3 is 0 Å². The quantitative estimate of drug-likeness (QED) is 0.554. The van der Waals surface area contributed by atoms with Crippen molar-refractivity contribution < 1.29 is 18.0 Å². The van der Waals surface area contributed by atoms with Crippen LogP contribution in [0.4, 0.5) is 13.2 Å². The summed E-state index contributed by atoms with van der Waals surface area (Å²) in [5.41, 5.74) is 4.16. The summed E-state index contributed by atoms with van der Waals surface area (Å²) in [6.45, 7) is 0. The Balaban J connectivity index is 1.58. The van der Waals surface area contributed by atoms with Crippen molar-refractivity contribution in [3.8, 4) is 11.1 Å². The first-order valence-corrected chi connectivity index (χ1v) is 10.1. The van der Waals surface area contributed by atoms with E-state index >= 15 is 0 Å². The molecule has 1 nitrogen and oxygen atoms in total. The number of rotatable bonds is 2. The fraction of sp³-hybridized carbons (Fsp3) is 0.192. The average Bonchev–Trinajstić information content (AvgIpc) is 2.77. The fourth-order valence-corrected chi connectivity index (χ4v) is 4.59. The second kappa shape index (κ2) is 6.98. The normalized spacial score (nSPS) is 17.1. The van der Waals surface area contributed by atoms with Crippen LogP contribution in [0, 0.1) is 5.92 Å². The molecule has 150 valence electrons. The van der Waals surface area contributed by atoms with E-state index < -0.39 is 17.7 Å². The van der Waals surface area contributed by atoms with Crippen LogP contribution in [-0.2, 0) is 19.0 Å². The first kappa shape index (κ1) is 18.9. The SMILES string of the molecule is O=C(c1cccc(C(F)(F)F)c1)C1C=c2c(ccc3c2=CCc2ccccc2-3)CC1. The second-order valence-electron chi connectivity index (χ2n) is 7.92. The largest absolute Gasteiger partial charge is 0.416 e. The Morgan fingerprint density at radius 3 is 2.53 bits per heavy atom. The summed E-state index contributed by atoms with van der Waals surface area (Å²) in [6, 6.07) is 17.3. The van der Waals surface area contributed by atoms with Crippen molar-refractivity contribution in [1.82, 2.24) is 0 Å². The molecule has 0 fully saturated rings. The number of benzene rings is 3. The van der Waals surface area contributed by atoms with Crippen molar-refractivity contribution in [2.45, 2.75) is 25.4 Å². The molecule has 0 aromatic heterocycles. The number of halogens is 3. The molecule has 5 rings (SSSR count). The highest BCUT2D eigenvalue weighted by atomic mass is 19.4. The topological polar surface area (TPSA) is 17.1 Å². The minimum atomic E-state index is -4.46. The van der Waals surface area contributed by atoms with Gasteiger partial charge in [0, 0.05) is 11.5 Å². The van der Waals surface area contributed by atoms with Crippen molar-refractivity contribution in [1.29, 1.82) is 0 Å². The zero-order valence-electron chi connectivity index (χ0n) is 16.2. The zero-order chi connectivity index (χ0) is 20.9. The number of carbonyl (C=O) groups excluding carboxylic acids is 1. The molecule has 2 aliphatic rings. The van der Waals surface area contributed by atoms with Gasteiger partial charge in [0.15, 0.2) is 5.78 Å². The van der Waals surface area contributed by atoms with Crippen LogP contribution in [0.25, 0.3) is 23.3 Å². The van der Waals surface area contributed by atoms with Crippen LogP contribution in [0.3, 0.4) is 0 Å². The molecule has 0 spiro atoms. The number of fused-ring (bicyclic) bond motifs is 5.